The summed E-state index contributed by atoms with van der Waals surface area (Å²) in [6.07, 6.45) is 0. The van der Waals surface area contributed by atoms with E-state index in [1.54, 1.807) is 0 Å². The third-order valence-corrected chi connectivity index (χ3v) is 2.44. The Labute approximate surface area is 109 Å². The molecular weight excluding hydrogens is 254 g/mol. The van der Waals surface area contributed by atoms with Gasteiger partial charge in [0.2, 0.25) is 0 Å². The van der Waals surface area contributed by atoms with Crippen LogP contribution in [0.25, 0.3) is 0 Å². The minimum absolute atomic E-state index is 0.0435. The van der Waals surface area contributed by atoms with Crippen molar-refractivity contribution in [1.82, 2.24) is 0 Å². The smallest absolute Gasteiger partial charge is 0.320 e. The number of esters is 2. The van der Waals surface area contributed by atoms with Crippen molar-refractivity contribution in [3.8, 4) is 0 Å². The van der Waals surface area contributed by atoms with Gasteiger partial charge < -0.3 is 9.47 Å². The Kier molecular flexibility index (Phi) is 4.99. The van der Waals surface area contributed by atoms with E-state index in [1.807, 2.05) is 0 Å². The summed E-state index contributed by atoms with van der Waals surface area (Å²) in [5, 5.41) is 10.4. The van der Waals surface area contributed by atoms with Gasteiger partial charge in [-0.15, -0.1) is 0 Å². The maximum atomic E-state index is 11.5. The highest BCUT2D eigenvalue weighted by Crippen LogP contribution is 2.13. The average Bonchev–Trinajstić information content (AvgIpc) is 2.43. The van der Waals surface area contributed by atoms with Gasteiger partial charge in [0, 0.05) is 12.1 Å². The molecule has 0 amide bonds. The number of carbonyl (C=O) groups is 2. The Bertz CT molecular complexity index is 481. The van der Waals surface area contributed by atoms with Gasteiger partial charge in [-0.3, -0.25) is 19.7 Å². The highest BCUT2D eigenvalue weighted by atomic mass is 16.6. The number of methoxy groups -OCH3 is 1. The van der Waals surface area contributed by atoms with Crippen LogP contribution in [-0.2, 0) is 25.7 Å². The molecule has 0 aliphatic rings. The molecule has 0 spiro atoms. The van der Waals surface area contributed by atoms with E-state index in [4.69, 9.17) is 4.74 Å². The van der Waals surface area contributed by atoms with Gasteiger partial charge in [-0.05, 0) is 24.6 Å². The van der Waals surface area contributed by atoms with Crippen molar-refractivity contribution in [2.75, 3.05) is 7.11 Å². The topological polar surface area (TPSA) is 95.7 Å². The van der Waals surface area contributed by atoms with Crippen molar-refractivity contribution in [1.29, 1.82) is 0 Å². The van der Waals surface area contributed by atoms with Crippen molar-refractivity contribution in [2.24, 2.45) is 5.92 Å². The van der Waals surface area contributed by atoms with E-state index in [-0.39, 0.29) is 12.3 Å². The standard InChI is InChI=1S/C12H13NO6/c1-8(11(14)18-2)12(15)19-7-9-3-5-10(6-4-9)13(16)17/h3-6,8H,7H2,1-2H3. The lowest BCUT2D eigenvalue weighted by molar-refractivity contribution is -0.384. The molecule has 0 saturated heterocycles. The molecular formula is C12H13NO6. The summed E-state index contributed by atoms with van der Waals surface area (Å²) in [4.78, 5) is 32.5. The van der Waals surface area contributed by atoms with E-state index in [2.05, 4.69) is 4.74 Å². The second kappa shape index (κ2) is 6.48. The maximum Gasteiger partial charge on any atom is 0.320 e. The third-order valence-electron chi connectivity index (χ3n) is 2.44. The summed E-state index contributed by atoms with van der Waals surface area (Å²) in [6, 6.07) is 5.59. The molecule has 0 aliphatic carbocycles. The molecule has 7 heteroatoms. The first-order chi connectivity index (χ1) is 8.95. The van der Waals surface area contributed by atoms with Crippen molar-refractivity contribution >= 4 is 17.6 Å². The van der Waals surface area contributed by atoms with Crippen LogP contribution in [0.1, 0.15) is 12.5 Å². The number of hydrogen-bond acceptors (Lipinski definition) is 6. The lowest BCUT2D eigenvalue weighted by Crippen LogP contribution is -2.24. The van der Waals surface area contributed by atoms with E-state index in [1.165, 1.54) is 38.3 Å². The van der Waals surface area contributed by atoms with Crippen molar-refractivity contribution in [2.45, 2.75) is 13.5 Å². The first-order valence-electron chi connectivity index (χ1n) is 5.43. The monoisotopic (exact) mass is 267 g/mol. The Morgan fingerprint density at radius 3 is 2.32 bits per heavy atom. The van der Waals surface area contributed by atoms with E-state index >= 15 is 0 Å². The lowest BCUT2D eigenvalue weighted by atomic mass is 10.2. The highest BCUT2D eigenvalue weighted by molar-refractivity contribution is 5.94. The van der Waals surface area contributed by atoms with Crippen molar-refractivity contribution < 1.29 is 24.0 Å². The van der Waals surface area contributed by atoms with Gasteiger partial charge in [-0.25, -0.2) is 0 Å². The van der Waals surface area contributed by atoms with Crippen LogP contribution < -0.4 is 0 Å². The van der Waals surface area contributed by atoms with Crippen molar-refractivity contribution in [3.05, 3.63) is 39.9 Å². The molecule has 0 aliphatic heterocycles. The van der Waals surface area contributed by atoms with Gasteiger partial charge >= 0.3 is 11.9 Å². The van der Waals surface area contributed by atoms with Gasteiger partial charge in [0.05, 0.1) is 12.0 Å². The Morgan fingerprint density at radius 2 is 1.84 bits per heavy atom. The molecule has 0 bridgehead atoms. The SMILES string of the molecule is COC(=O)C(C)C(=O)OCc1ccc([N+](=O)[O-])cc1. The van der Waals surface area contributed by atoms with Gasteiger partial charge in [0.1, 0.15) is 6.61 Å². The zero-order valence-electron chi connectivity index (χ0n) is 10.5. The molecule has 7 nitrogen and oxygen atoms in total. The minimum Gasteiger partial charge on any atom is -0.468 e. The van der Waals surface area contributed by atoms with Gasteiger partial charge in [0.25, 0.3) is 5.69 Å². The highest BCUT2D eigenvalue weighted by Gasteiger charge is 2.23. The van der Waals surface area contributed by atoms with Crippen LogP contribution in [0.15, 0.2) is 24.3 Å². The number of carbonyl (C=O) groups excluding carboxylic acids is 2. The fraction of sp³-hybridized carbons (Fsp3) is 0.333. The molecule has 0 heterocycles. The molecule has 0 aromatic heterocycles. The molecule has 102 valence electrons. The predicted molar refractivity (Wildman–Crippen MR) is 64.1 cm³/mol. The third kappa shape index (κ3) is 4.06. The summed E-state index contributed by atoms with van der Waals surface area (Å²) in [5.41, 5.74) is 0.550. The van der Waals surface area contributed by atoms with Crippen LogP contribution in [-0.4, -0.2) is 24.0 Å². The molecule has 1 rings (SSSR count). The first kappa shape index (κ1) is 14.6. The van der Waals surface area contributed by atoms with E-state index < -0.39 is 22.8 Å². The summed E-state index contributed by atoms with van der Waals surface area (Å²) >= 11 is 0. The Balaban J connectivity index is 2.55. The molecule has 1 aromatic carbocycles. The summed E-state index contributed by atoms with van der Waals surface area (Å²) in [6.45, 7) is 1.32. The normalized spacial score (nSPS) is 11.5. The number of benzene rings is 1. The molecule has 0 radical (unpaired) electrons. The van der Waals surface area contributed by atoms with Crippen LogP contribution in [0, 0.1) is 16.0 Å². The van der Waals surface area contributed by atoms with Crippen LogP contribution >= 0.6 is 0 Å². The number of nitrogens with zero attached hydrogens (tertiary/aromatic N) is 1. The van der Waals surface area contributed by atoms with Gasteiger partial charge in [-0.1, -0.05) is 0 Å². The molecule has 1 unspecified atom stereocenters. The molecule has 1 aromatic rings. The molecule has 19 heavy (non-hydrogen) atoms. The largest absolute Gasteiger partial charge is 0.468 e. The molecule has 0 fully saturated rings. The zero-order chi connectivity index (χ0) is 14.4. The fourth-order valence-electron chi connectivity index (χ4n) is 1.27. The van der Waals surface area contributed by atoms with Crippen LogP contribution in [0.5, 0.6) is 0 Å². The van der Waals surface area contributed by atoms with E-state index in [9.17, 15) is 19.7 Å². The quantitative estimate of drug-likeness (QED) is 0.346. The number of hydrogen-bond donors (Lipinski definition) is 0. The van der Waals surface area contributed by atoms with Crippen LogP contribution in [0.2, 0.25) is 0 Å². The minimum atomic E-state index is -0.997. The predicted octanol–water partition coefficient (Wildman–Crippen LogP) is 1.45. The Hall–Kier alpha value is -2.44. The van der Waals surface area contributed by atoms with Crippen LogP contribution in [0.4, 0.5) is 5.69 Å². The van der Waals surface area contributed by atoms with E-state index in [0.29, 0.717) is 5.56 Å². The number of nitro groups is 1. The zero-order valence-corrected chi connectivity index (χ0v) is 10.5. The summed E-state index contributed by atoms with van der Waals surface area (Å²) < 4.78 is 9.32. The van der Waals surface area contributed by atoms with Gasteiger partial charge in [0.15, 0.2) is 5.92 Å². The number of nitro benzene ring substituents is 1. The fourth-order valence-corrected chi connectivity index (χ4v) is 1.27. The number of rotatable bonds is 5. The van der Waals surface area contributed by atoms with Gasteiger partial charge in [-0.2, -0.15) is 0 Å². The van der Waals surface area contributed by atoms with Crippen molar-refractivity contribution in [3.63, 3.8) is 0 Å². The number of ether oxygens (including phenoxy) is 2. The second-order valence-corrected chi connectivity index (χ2v) is 3.78. The molecule has 0 N–H and O–H groups in total. The maximum absolute atomic E-state index is 11.5. The molecule has 1 atom stereocenters. The first-order valence-corrected chi connectivity index (χ1v) is 5.43. The molecule has 0 saturated carbocycles. The number of non-ortho nitro benzene ring substituents is 1. The summed E-state index contributed by atoms with van der Waals surface area (Å²) in [5.74, 6) is -2.37. The lowest BCUT2D eigenvalue weighted by Gasteiger charge is -2.09. The summed E-state index contributed by atoms with van der Waals surface area (Å²) in [7, 11) is 1.18. The van der Waals surface area contributed by atoms with E-state index in [0.717, 1.165) is 0 Å². The average molecular weight is 267 g/mol. The second-order valence-electron chi connectivity index (χ2n) is 3.78. The Morgan fingerprint density at radius 1 is 1.26 bits per heavy atom. The van der Waals surface area contributed by atoms with Crippen LogP contribution in [0.3, 0.4) is 0 Å².